The number of aryl methyl sites for hydroxylation is 2. The molecule has 4 heteroatoms. The predicted octanol–water partition coefficient (Wildman–Crippen LogP) is 4.56. The number of amides is 1. The van der Waals surface area contributed by atoms with E-state index in [4.69, 9.17) is 0 Å². The minimum absolute atomic E-state index is 0.108. The molecule has 0 radical (unpaired) electrons. The third-order valence-corrected chi connectivity index (χ3v) is 5.73. The quantitative estimate of drug-likeness (QED) is 0.742. The van der Waals surface area contributed by atoms with E-state index >= 15 is 0 Å². The Bertz CT molecular complexity index is 444. The predicted molar refractivity (Wildman–Crippen MR) is 90.1 cm³/mol. The summed E-state index contributed by atoms with van der Waals surface area (Å²) in [6.07, 6.45) is 7.12. The lowest BCUT2D eigenvalue weighted by Gasteiger charge is -2.24. The molecule has 0 aromatic carbocycles. The Labute approximate surface area is 134 Å². The van der Waals surface area contributed by atoms with Crippen LogP contribution in [0.4, 0.5) is 0 Å². The van der Waals surface area contributed by atoms with Crippen molar-refractivity contribution in [3.05, 3.63) is 21.4 Å². The van der Waals surface area contributed by atoms with Crippen LogP contribution < -0.4 is 5.32 Å². The third kappa shape index (κ3) is 4.32. The van der Waals surface area contributed by atoms with E-state index in [1.807, 2.05) is 0 Å². The summed E-state index contributed by atoms with van der Waals surface area (Å²) in [7, 11) is 0. The maximum atomic E-state index is 12.3. The summed E-state index contributed by atoms with van der Waals surface area (Å²) in [4.78, 5) is 14.6. The molecular weight excluding hydrogens is 334 g/mol. The lowest BCUT2D eigenvalue weighted by atomic mass is 9.88. The van der Waals surface area contributed by atoms with Crippen LogP contribution in [-0.2, 0) is 12.8 Å². The first-order valence-corrected chi connectivity index (χ1v) is 9.41. The van der Waals surface area contributed by atoms with Gasteiger partial charge in [-0.15, -0.1) is 11.3 Å². The van der Waals surface area contributed by atoms with E-state index in [0.717, 1.165) is 42.4 Å². The van der Waals surface area contributed by atoms with Crippen LogP contribution in [-0.4, -0.2) is 17.8 Å². The first-order chi connectivity index (χ1) is 9.52. The van der Waals surface area contributed by atoms with Gasteiger partial charge in [-0.25, -0.2) is 0 Å². The van der Waals surface area contributed by atoms with Crippen molar-refractivity contribution in [3.63, 3.8) is 0 Å². The Hall–Kier alpha value is -0.350. The third-order valence-electron chi connectivity index (χ3n) is 3.94. The first-order valence-electron chi connectivity index (χ1n) is 7.47. The molecule has 1 amide bonds. The number of nitrogens with one attached hydrogen (secondary N) is 1. The monoisotopic (exact) mass is 357 g/mol. The molecule has 0 atom stereocenters. The molecule has 0 saturated heterocycles. The molecule has 112 valence electrons. The van der Waals surface area contributed by atoms with Gasteiger partial charge in [-0.3, -0.25) is 4.79 Å². The van der Waals surface area contributed by atoms with E-state index < -0.39 is 0 Å². The lowest BCUT2D eigenvalue weighted by Crippen LogP contribution is -2.33. The van der Waals surface area contributed by atoms with Gasteiger partial charge in [-0.1, -0.05) is 29.8 Å². The van der Waals surface area contributed by atoms with Crippen molar-refractivity contribution in [2.24, 2.45) is 5.41 Å². The highest BCUT2D eigenvalue weighted by Crippen LogP contribution is 2.30. The number of fused-ring (bicyclic) bond motifs is 1. The number of halogens is 1. The second-order valence-electron chi connectivity index (χ2n) is 6.41. The van der Waals surface area contributed by atoms with Crippen LogP contribution in [0.25, 0.3) is 0 Å². The molecule has 0 saturated carbocycles. The van der Waals surface area contributed by atoms with Gasteiger partial charge in [0.05, 0.1) is 4.88 Å². The highest BCUT2D eigenvalue weighted by Gasteiger charge is 2.21. The van der Waals surface area contributed by atoms with Crippen molar-refractivity contribution in [1.29, 1.82) is 0 Å². The Morgan fingerprint density at radius 1 is 1.40 bits per heavy atom. The Morgan fingerprint density at radius 3 is 2.85 bits per heavy atom. The normalized spacial score (nSPS) is 14.9. The summed E-state index contributed by atoms with van der Waals surface area (Å²) < 4.78 is 0. The van der Waals surface area contributed by atoms with E-state index in [-0.39, 0.29) is 11.3 Å². The summed E-state index contributed by atoms with van der Waals surface area (Å²) in [6.45, 7) is 5.19. The van der Waals surface area contributed by atoms with Crippen molar-refractivity contribution in [1.82, 2.24) is 5.32 Å². The van der Waals surface area contributed by atoms with Crippen molar-refractivity contribution in [2.75, 3.05) is 11.9 Å². The zero-order valence-corrected chi connectivity index (χ0v) is 14.8. The molecule has 0 fully saturated rings. The lowest BCUT2D eigenvalue weighted by molar-refractivity contribution is 0.0938. The molecule has 0 spiro atoms. The zero-order chi connectivity index (χ0) is 14.6. The second kappa shape index (κ2) is 7.08. The van der Waals surface area contributed by atoms with E-state index in [1.54, 1.807) is 11.3 Å². The van der Waals surface area contributed by atoms with Crippen LogP contribution in [0.1, 0.15) is 59.6 Å². The molecule has 1 N–H and O–H groups in total. The van der Waals surface area contributed by atoms with Gasteiger partial charge in [-0.2, -0.15) is 0 Å². The smallest absolute Gasteiger partial charge is 0.261 e. The molecule has 1 aliphatic rings. The fraction of sp³-hybridized carbons (Fsp3) is 0.688. The van der Waals surface area contributed by atoms with Gasteiger partial charge in [-0.05, 0) is 55.6 Å². The van der Waals surface area contributed by atoms with Gasteiger partial charge in [0, 0.05) is 16.8 Å². The fourth-order valence-electron chi connectivity index (χ4n) is 2.64. The number of thiophene rings is 1. The minimum Gasteiger partial charge on any atom is -0.351 e. The van der Waals surface area contributed by atoms with Gasteiger partial charge >= 0.3 is 0 Å². The standard InChI is InChI=1S/C16H24BrNOS/c1-16(2,8-5-9-17)11-18-15(19)14-10-12-6-3-4-7-13(12)20-14/h10H,3-9,11H2,1-2H3,(H,18,19). The molecule has 2 nitrogen and oxygen atoms in total. The van der Waals surface area contributed by atoms with E-state index in [1.165, 1.54) is 23.3 Å². The van der Waals surface area contributed by atoms with Crippen LogP contribution in [0.15, 0.2) is 6.07 Å². The average Bonchev–Trinajstić information content (AvgIpc) is 2.86. The van der Waals surface area contributed by atoms with Gasteiger partial charge in [0.1, 0.15) is 0 Å². The summed E-state index contributed by atoms with van der Waals surface area (Å²) in [5.41, 5.74) is 1.57. The van der Waals surface area contributed by atoms with Gasteiger partial charge in [0.2, 0.25) is 0 Å². The summed E-state index contributed by atoms with van der Waals surface area (Å²) in [5, 5.41) is 4.14. The van der Waals surface area contributed by atoms with Crippen molar-refractivity contribution in [3.8, 4) is 0 Å². The van der Waals surface area contributed by atoms with E-state index in [0.29, 0.717) is 0 Å². The molecule has 1 aromatic heterocycles. The Kier molecular flexibility index (Phi) is 5.67. The average molecular weight is 358 g/mol. The minimum atomic E-state index is 0.108. The van der Waals surface area contributed by atoms with Crippen molar-refractivity contribution >= 4 is 33.2 Å². The number of rotatable bonds is 6. The number of hydrogen-bond acceptors (Lipinski definition) is 2. The molecule has 0 unspecified atom stereocenters. The molecule has 2 rings (SSSR count). The van der Waals surface area contributed by atoms with Gasteiger partial charge < -0.3 is 5.32 Å². The second-order valence-corrected chi connectivity index (χ2v) is 8.34. The van der Waals surface area contributed by atoms with Gasteiger partial charge in [0.15, 0.2) is 0 Å². The highest BCUT2D eigenvalue weighted by molar-refractivity contribution is 9.09. The van der Waals surface area contributed by atoms with Crippen molar-refractivity contribution < 1.29 is 4.79 Å². The fourth-order valence-corrected chi connectivity index (χ4v) is 4.09. The van der Waals surface area contributed by atoms with Gasteiger partial charge in [0.25, 0.3) is 5.91 Å². The maximum absolute atomic E-state index is 12.3. The molecule has 0 bridgehead atoms. The van der Waals surface area contributed by atoms with Crippen LogP contribution in [0.2, 0.25) is 0 Å². The van der Waals surface area contributed by atoms with Crippen LogP contribution in [0, 0.1) is 5.41 Å². The molecule has 1 aromatic rings. The summed E-state index contributed by atoms with van der Waals surface area (Å²) in [5.74, 6) is 0.108. The molecule has 1 heterocycles. The largest absolute Gasteiger partial charge is 0.351 e. The number of alkyl halides is 1. The molecule has 0 aliphatic heterocycles. The molecule has 1 aliphatic carbocycles. The maximum Gasteiger partial charge on any atom is 0.261 e. The van der Waals surface area contributed by atoms with Crippen LogP contribution in [0.5, 0.6) is 0 Å². The summed E-state index contributed by atoms with van der Waals surface area (Å²) in [6, 6.07) is 2.11. The first kappa shape index (κ1) is 16.0. The molecular formula is C16H24BrNOS. The number of carbonyl (C=O) groups excluding carboxylic acids is 1. The van der Waals surface area contributed by atoms with Crippen LogP contribution >= 0.6 is 27.3 Å². The number of hydrogen-bond donors (Lipinski definition) is 1. The Morgan fingerprint density at radius 2 is 2.15 bits per heavy atom. The Balaban J connectivity index is 1.90. The number of carbonyl (C=O) groups is 1. The zero-order valence-electron chi connectivity index (χ0n) is 12.4. The van der Waals surface area contributed by atoms with E-state index in [9.17, 15) is 4.79 Å². The topological polar surface area (TPSA) is 29.1 Å². The summed E-state index contributed by atoms with van der Waals surface area (Å²) >= 11 is 5.16. The van der Waals surface area contributed by atoms with Crippen LogP contribution in [0.3, 0.4) is 0 Å². The highest BCUT2D eigenvalue weighted by atomic mass is 79.9. The molecule has 20 heavy (non-hydrogen) atoms. The SMILES string of the molecule is CC(C)(CCCBr)CNC(=O)c1cc2c(s1)CCCC2. The van der Waals surface area contributed by atoms with Crippen molar-refractivity contribution in [2.45, 2.75) is 52.4 Å². The van der Waals surface area contributed by atoms with E-state index in [2.05, 4.69) is 41.2 Å².